The first kappa shape index (κ1) is 15.3. The van der Waals surface area contributed by atoms with Gasteiger partial charge in [-0.2, -0.15) is 11.8 Å². The minimum Gasteiger partial charge on any atom is -0.388 e. The summed E-state index contributed by atoms with van der Waals surface area (Å²) in [5.41, 5.74) is 1.01. The van der Waals surface area contributed by atoms with Crippen LogP contribution in [-0.4, -0.2) is 28.8 Å². The average molecular weight is 422 g/mol. The number of hydrogen-bond donors (Lipinski definition) is 1. The molecule has 2 saturated heterocycles. The normalized spacial score (nSPS) is 31.6. The predicted molar refractivity (Wildman–Crippen MR) is 90.2 cm³/mol. The number of aliphatic hydroxyl groups is 1. The van der Waals surface area contributed by atoms with E-state index in [0.717, 1.165) is 46.1 Å². The summed E-state index contributed by atoms with van der Waals surface area (Å²) in [7, 11) is 0. The van der Waals surface area contributed by atoms with Gasteiger partial charge < -0.3 is 9.84 Å². The van der Waals surface area contributed by atoms with E-state index in [-0.39, 0.29) is 5.60 Å². The Morgan fingerprint density at radius 3 is 2.95 bits per heavy atom. The number of thioether (sulfide) groups is 1. The molecule has 0 amide bonds. The first-order chi connectivity index (χ1) is 9.60. The SMILES string of the molecule is OC(c1ccc(Br)cc1Br)C1CCOC2(CCSC2)C1. The van der Waals surface area contributed by atoms with E-state index in [1.807, 2.05) is 30.0 Å². The van der Waals surface area contributed by atoms with Gasteiger partial charge in [0.1, 0.15) is 0 Å². The lowest BCUT2D eigenvalue weighted by Crippen LogP contribution is -2.41. The molecule has 2 aliphatic heterocycles. The van der Waals surface area contributed by atoms with Crippen LogP contribution in [-0.2, 0) is 4.74 Å². The van der Waals surface area contributed by atoms with Gasteiger partial charge in [0.2, 0.25) is 0 Å². The van der Waals surface area contributed by atoms with Crippen LogP contribution in [0.15, 0.2) is 27.1 Å². The van der Waals surface area contributed by atoms with Crippen LogP contribution in [0.4, 0.5) is 0 Å². The van der Waals surface area contributed by atoms with Crippen molar-refractivity contribution in [1.82, 2.24) is 0 Å². The molecule has 20 heavy (non-hydrogen) atoms. The van der Waals surface area contributed by atoms with Gasteiger partial charge in [0, 0.05) is 21.3 Å². The molecule has 0 saturated carbocycles. The lowest BCUT2D eigenvalue weighted by Gasteiger charge is -2.39. The van der Waals surface area contributed by atoms with E-state index >= 15 is 0 Å². The van der Waals surface area contributed by atoms with E-state index in [9.17, 15) is 5.11 Å². The van der Waals surface area contributed by atoms with Crippen LogP contribution in [0.2, 0.25) is 0 Å². The lowest BCUT2D eigenvalue weighted by molar-refractivity contribution is -0.102. The Labute approximate surface area is 140 Å². The Morgan fingerprint density at radius 1 is 1.40 bits per heavy atom. The van der Waals surface area contributed by atoms with Gasteiger partial charge in [0.15, 0.2) is 0 Å². The maximum absolute atomic E-state index is 10.8. The quantitative estimate of drug-likeness (QED) is 0.759. The van der Waals surface area contributed by atoms with Crippen molar-refractivity contribution in [3.63, 3.8) is 0 Å². The zero-order valence-corrected chi connectivity index (χ0v) is 15.1. The summed E-state index contributed by atoms with van der Waals surface area (Å²) in [5.74, 6) is 2.56. The molecule has 0 bridgehead atoms. The highest BCUT2D eigenvalue weighted by atomic mass is 79.9. The number of ether oxygens (including phenoxy) is 1. The third kappa shape index (κ3) is 3.12. The van der Waals surface area contributed by atoms with Crippen molar-refractivity contribution < 1.29 is 9.84 Å². The summed E-state index contributed by atoms with van der Waals surface area (Å²) >= 11 is 8.99. The minimum absolute atomic E-state index is 0.0242. The second kappa shape index (κ2) is 6.29. The van der Waals surface area contributed by atoms with Crippen LogP contribution in [0.3, 0.4) is 0 Å². The Bertz CT molecular complexity index is 489. The molecule has 1 N–H and O–H groups in total. The fourth-order valence-electron chi connectivity index (χ4n) is 3.19. The van der Waals surface area contributed by atoms with Gasteiger partial charge >= 0.3 is 0 Å². The van der Waals surface area contributed by atoms with Crippen molar-refractivity contribution in [1.29, 1.82) is 0 Å². The highest BCUT2D eigenvalue weighted by Crippen LogP contribution is 2.45. The molecule has 3 unspecified atom stereocenters. The Hall–Kier alpha value is 0.450. The van der Waals surface area contributed by atoms with Gasteiger partial charge in [-0.25, -0.2) is 0 Å². The maximum atomic E-state index is 10.8. The molecule has 2 aliphatic rings. The summed E-state index contributed by atoms with van der Waals surface area (Å²) in [6.07, 6.45) is 2.63. The highest BCUT2D eigenvalue weighted by Gasteiger charge is 2.42. The Morgan fingerprint density at radius 2 is 2.25 bits per heavy atom. The van der Waals surface area contributed by atoms with Crippen molar-refractivity contribution in [3.8, 4) is 0 Å². The Kier molecular flexibility index (Phi) is 4.83. The number of aliphatic hydroxyl groups excluding tert-OH is 1. The molecule has 2 heterocycles. The molecule has 1 aromatic rings. The van der Waals surface area contributed by atoms with Gasteiger partial charge in [0.05, 0.1) is 11.7 Å². The summed E-state index contributed by atoms with van der Waals surface area (Å²) < 4.78 is 8.04. The maximum Gasteiger partial charge on any atom is 0.0831 e. The van der Waals surface area contributed by atoms with Gasteiger partial charge in [-0.1, -0.05) is 37.9 Å². The Balaban J connectivity index is 1.77. The van der Waals surface area contributed by atoms with Crippen LogP contribution in [0, 0.1) is 5.92 Å². The second-order valence-electron chi connectivity index (χ2n) is 5.70. The molecule has 1 aromatic carbocycles. The third-order valence-electron chi connectivity index (χ3n) is 4.33. The molecule has 110 valence electrons. The van der Waals surface area contributed by atoms with E-state index < -0.39 is 6.10 Å². The molecule has 3 rings (SSSR count). The van der Waals surface area contributed by atoms with Crippen molar-refractivity contribution in [2.75, 3.05) is 18.1 Å². The monoisotopic (exact) mass is 420 g/mol. The number of benzene rings is 1. The zero-order chi connectivity index (χ0) is 14.2. The molecular formula is C15H18Br2O2S. The van der Waals surface area contributed by atoms with Crippen molar-refractivity contribution >= 4 is 43.6 Å². The molecule has 0 aliphatic carbocycles. The smallest absolute Gasteiger partial charge is 0.0831 e. The fraction of sp³-hybridized carbons (Fsp3) is 0.600. The van der Waals surface area contributed by atoms with Crippen molar-refractivity contribution in [3.05, 3.63) is 32.7 Å². The summed E-state index contributed by atoms with van der Waals surface area (Å²) in [6, 6.07) is 5.99. The van der Waals surface area contributed by atoms with E-state index in [4.69, 9.17) is 4.74 Å². The van der Waals surface area contributed by atoms with Crippen LogP contribution in [0.25, 0.3) is 0 Å². The molecular weight excluding hydrogens is 404 g/mol. The summed E-state index contributed by atoms with van der Waals surface area (Å²) in [5, 5.41) is 10.8. The van der Waals surface area contributed by atoms with Gasteiger partial charge in [-0.05, 0) is 48.6 Å². The fourth-order valence-corrected chi connectivity index (χ4v) is 5.85. The van der Waals surface area contributed by atoms with Crippen LogP contribution in [0.5, 0.6) is 0 Å². The first-order valence-electron chi connectivity index (χ1n) is 6.94. The van der Waals surface area contributed by atoms with Gasteiger partial charge in [-0.15, -0.1) is 0 Å². The van der Waals surface area contributed by atoms with E-state index in [1.54, 1.807) is 0 Å². The predicted octanol–water partition coefficient (Wildman–Crippen LogP) is 4.55. The lowest BCUT2D eigenvalue weighted by atomic mass is 9.80. The van der Waals surface area contributed by atoms with Crippen LogP contribution < -0.4 is 0 Å². The second-order valence-corrected chi connectivity index (χ2v) is 8.57. The zero-order valence-electron chi connectivity index (χ0n) is 11.1. The molecule has 2 nitrogen and oxygen atoms in total. The number of hydrogen-bond acceptors (Lipinski definition) is 3. The van der Waals surface area contributed by atoms with Crippen molar-refractivity contribution in [2.45, 2.75) is 31.0 Å². The van der Waals surface area contributed by atoms with E-state index in [1.165, 1.54) is 5.75 Å². The van der Waals surface area contributed by atoms with Crippen LogP contribution >= 0.6 is 43.6 Å². The highest BCUT2D eigenvalue weighted by molar-refractivity contribution is 9.11. The summed E-state index contributed by atoms with van der Waals surface area (Å²) in [4.78, 5) is 0. The number of rotatable bonds is 2. The molecule has 3 atom stereocenters. The molecule has 2 fully saturated rings. The van der Waals surface area contributed by atoms with Gasteiger partial charge in [-0.3, -0.25) is 0 Å². The molecule has 0 aromatic heterocycles. The topological polar surface area (TPSA) is 29.5 Å². The molecule has 5 heteroatoms. The summed E-state index contributed by atoms with van der Waals surface area (Å²) in [6.45, 7) is 0.774. The average Bonchev–Trinajstić information content (AvgIpc) is 2.86. The van der Waals surface area contributed by atoms with E-state index in [2.05, 4.69) is 31.9 Å². The van der Waals surface area contributed by atoms with E-state index in [0.29, 0.717) is 5.92 Å². The van der Waals surface area contributed by atoms with Gasteiger partial charge in [0.25, 0.3) is 0 Å². The largest absolute Gasteiger partial charge is 0.388 e. The molecule has 1 spiro atoms. The van der Waals surface area contributed by atoms with Crippen LogP contribution in [0.1, 0.15) is 30.9 Å². The standard InChI is InChI=1S/C15H18Br2O2S/c16-11-1-2-12(13(17)7-11)14(18)10-3-5-19-15(8-10)4-6-20-9-15/h1-2,7,10,14,18H,3-6,8-9H2. The third-order valence-corrected chi connectivity index (χ3v) is 6.73. The van der Waals surface area contributed by atoms with Crippen molar-refractivity contribution in [2.24, 2.45) is 5.92 Å². The first-order valence-corrected chi connectivity index (χ1v) is 9.68. The molecule has 0 radical (unpaired) electrons. The number of halogens is 2. The minimum atomic E-state index is -0.413.